The van der Waals surface area contributed by atoms with Crippen molar-refractivity contribution in [1.29, 1.82) is 0 Å². The highest BCUT2D eigenvalue weighted by Crippen LogP contribution is 2.64. The van der Waals surface area contributed by atoms with Crippen molar-refractivity contribution in [3.63, 3.8) is 0 Å². The summed E-state index contributed by atoms with van der Waals surface area (Å²) in [6.07, 6.45) is 0. The van der Waals surface area contributed by atoms with E-state index in [2.05, 4.69) is 0 Å². The smallest absolute Gasteiger partial charge is 0.315 e. The van der Waals surface area contributed by atoms with Crippen LogP contribution in [-0.4, -0.2) is 32.8 Å². The molecular weight excluding hydrogens is 386 g/mol. The minimum atomic E-state index is -3.79. The van der Waals surface area contributed by atoms with E-state index in [1.807, 2.05) is 6.92 Å². The number of esters is 1. The van der Waals surface area contributed by atoms with Crippen LogP contribution in [0.4, 0.5) is 0 Å². The van der Waals surface area contributed by atoms with Crippen LogP contribution in [0.3, 0.4) is 0 Å². The lowest BCUT2D eigenvalue weighted by molar-refractivity contribution is -0.149. The van der Waals surface area contributed by atoms with Gasteiger partial charge in [0, 0.05) is 17.5 Å². The van der Waals surface area contributed by atoms with Gasteiger partial charge < -0.3 is 10.5 Å². The highest BCUT2D eigenvalue weighted by molar-refractivity contribution is 7.92. The Balaban J connectivity index is 2.10. The Morgan fingerprint density at radius 3 is 2.26 bits per heavy atom. The molecule has 1 saturated carbocycles. The van der Waals surface area contributed by atoms with E-state index in [4.69, 9.17) is 22.1 Å². The van der Waals surface area contributed by atoms with Gasteiger partial charge in [-0.05, 0) is 43.7 Å². The van der Waals surface area contributed by atoms with E-state index in [1.165, 1.54) is 0 Å². The number of aryl methyl sites for hydroxylation is 1. The second-order valence-electron chi connectivity index (χ2n) is 6.77. The molecule has 2 N–H and O–H groups in total. The van der Waals surface area contributed by atoms with Gasteiger partial charge in [-0.25, -0.2) is 8.42 Å². The van der Waals surface area contributed by atoms with Crippen molar-refractivity contribution < 1.29 is 17.9 Å². The SMILES string of the molecule is CCOC(=O)[C@@]1(CN)[C@@H](c2ccc(Cl)cc2)[C@@H]1S(=O)(=O)c1ccc(C)cc1. The van der Waals surface area contributed by atoms with E-state index in [-0.39, 0.29) is 18.0 Å². The summed E-state index contributed by atoms with van der Waals surface area (Å²) in [4.78, 5) is 12.9. The summed E-state index contributed by atoms with van der Waals surface area (Å²) in [5.74, 6) is -1.15. The Hall–Kier alpha value is -1.89. The highest BCUT2D eigenvalue weighted by atomic mass is 35.5. The van der Waals surface area contributed by atoms with E-state index in [0.717, 1.165) is 5.56 Å². The standard InChI is InChI=1S/C20H22ClNO4S/c1-3-26-19(23)20(12-22)17(14-6-8-15(21)9-7-14)18(20)27(24,25)16-10-4-13(2)5-11-16/h4-11,17-18H,3,12,22H2,1-2H3/t17-,18-,20-/m0/s1. The van der Waals surface area contributed by atoms with E-state index < -0.39 is 32.4 Å². The van der Waals surface area contributed by atoms with Crippen LogP contribution in [0.5, 0.6) is 0 Å². The first-order valence-corrected chi connectivity index (χ1v) is 10.6. The Morgan fingerprint density at radius 1 is 1.15 bits per heavy atom. The Morgan fingerprint density at radius 2 is 1.74 bits per heavy atom. The molecule has 0 saturated heterocycles. The predicted molar refractivity (Wildman–Crippen MR) is 104 cm³/mol. The maximum absolute atomic E-state index is 13.4. The molecule has 3 atom stereocenters. The number of ether oxygens (including phenoxy) is 1. The van der Waals surface area contributed by atoms with Crippen molar-refractivity contribution >= 4 is 27.4 Å². The number of hydrogen-bond acceptors (Lipinski definition) is 5. The summed E-state index contributed by atoms with van der Waals surface area (Å²) in [5.41, 5.74) is 6.32. The number of halogens is 1. The van der Waals surface area contributed by atoms with Gasteiger partial charge in [-0.15, -0.1) is 0 Å². The van der Waals surface area contributed by atoms with Crippen molar-refractivity contribution in [2.75, 3.05) is 13.2 Å². The molecule has 0 unspecified atom stereocenters. The van der Waals surface area contributed by atoms with Gasteiger partial charge in [-0.3, -0.25) is 4.79 Å². The number of carbonyl (C=O) groups is 1. The van der Waals surface area contributed by atoms with Crippen molar-refractivity contribution in [1.82, 2.24) is 0 Å². The van der Waals surface area contributed by atoms with Gasteiger partial charge in [0.05, 0.1) is 16.8 Å². The quantitative estimate of drug-likeness (QED) is 0.743. The molecule has 0 bridgehead atoms. The normalized spacial score (nSPS) is 24.4. The van der Waals surface area contributed by atoms with Crippen molar-refractivity contribution in [2.24, 2.45) is 11.1 Å². The zero-order valence-corrected chi connectivity index (χ0v) is 16.8. The zero-order valence-electron chi connectivity index (χ0n) is 15.2. The maximum atomic E-state index is 13.4. The summed E-state index contributed by atoms with van der Waals surface area (Å²) in [6.45, 7) is 3.61. The number of carbonyl (C=O) groups excluding carboxylic acids is 1. The van der Waals surface area contributed by atoms with Crippen LogP contribution >= 0.6 is 11.6 Å². The van der Waals surface area contributed by atoms with Gasteiger partial charge in [-0.1, -0.05) is 41.4 Å². The van der Waals surface area contributed by atoms with Crippen LogP contribution in [0.25, 0.3) is 0 Å². The topological polar surface area (TPSA) is 86.5 Å². The van der Waals surface area contributed by atoms with Crippen LogP contribution in [-0.2, 0) is 19.4 Å². The number of benzene rings is 2. The molecule has 0 aromatic heterocycles. The molecule has 1 aliphatic carbocycles. The molecule has 0 heterocycles. The molecule has 1 fully saturated rings. The minimum absolute atomic E-state index is 0.116. The monoisotopic (exact) mass is 407 g/mol. The average molecular weight is 408 g/mol. The molecule has 2 aromatic rings. The number of nitrogens with two attached hydrogens (primary N) is 1. The summed E-state index contributed by atoms with van der Waals surface area (Å²) < 4.78 is 31.9. The van der Waals surface area contributed by atoms with E-state index in [1.54, 1.807) is 55.5 Å². The molecule has 27 heavy (non-hydrogen) atoms. The van der Waals surface area contributed by atoms with Crippen molar-refractivity contribution in [3.05, 3.63) is 64.7 Å². The molecule has 144 valence electrons. The molecule has 0 aliphatic heterocycles. The molecule has 0 amide bonds. The second-order valence-corrected chi connectivity index (χ2v) is 9.28. The number of sulfone groups is 1. The molecule has 3 rings (SSSR count). The van der Waals surface area contributed by atoms with Gasteiger partial charge >= 0.3 is 5.97 Å². The summed E-state index contributed by atoms with van der Waals surface area (Å²) in [6, 6.07) is 13.4. The molecular formula is C20H22ClNO4S. The largest absolute Gasteiger partial charge is 0.465 e. The molecule has 1 aliphatic rings. The molecule has 0 radical (unpaired) electrons. The lowest BCUT2D eigenvalue weighted by atomic mass is 9.99. The second kappa shape index (κ2) is 7.26. The van der Waals surface area contributed by atoms with Gasteiger partial charge in [0.1, 0.15) is 5.41 Å². The first-order chi connectivity index (χ1) is 12.8. The fourth-order valence-electron chi connectivity index (χ4n) is 3.71. The zero-order chi connectivity index (χ0) is 19.8. The van der Waals surface area contributed by atoms with Crippen LogP contribution in [0, 0.1) is 12.3 Å². The summed E-state index contributed by atoms with van der Waals surface area (Å²) >= 11 is 5.96. The lowest BCUT2D eigenvalue weighted by Gasteiger charge is -2.14. The van der Waals surface area contributed by atoms with Gasteiger partial charge in [0.25, 0.3) is 0 Å². The summed E-state index contributed by atoms with van der Waals surface area (Å²) in [7, 11) is -3.79. The van der Waals surface area contributed by atoms with Crippen molar-refractivity contribution in [3.8, 4) is 0 Å². The van der Waals surface area contributed by atoms with Crippen molar-refractivity contribution in [2.45, 2.75) is 29.9 Å². The Kier molecular flexibility index (Phi) is 5.34. The number of rotatable bonds is 6. The van der Waals surface area contributed by atoms with E-state index >= 15 is 0 Å². The molecule has 5 nitrogen and oxygen atoms in total. The molecule has 0 spiro atoms. The fraction of sp³-hybridized carbons (Fsp3) is 0.350. The van der Waals surface area contributed by atoms with E-state index in [0.29, 0.717) is 10.6 Å². The Bertz CT molecular complexity index is 941. The third-order valence-corrected chi connectivity index (χ3v) is 7.71. The third kappa shape index (κ3) is 3.26. The van der Waals surface area contributed by atoms with Crippen LogP contribution in [0.1, 0.15) is 24.0 Å². The maximum Gasteiger partial charge on any atom is 0.315 e. The van der Waals surface area contributed by atoms with E-state index in [9.17, 15) is 13.2 Å². The van der Waals surface area contributed by atoms with Crippen LogP contribution in [0.2, 0.25) is 5.02 Å². The Labute approximate surface area is 164 Å². The fourth-order valence-corrected chi connectivity index (χ4v) is 6.22. The summed E-state index contributed by atoms with van der Waals surface area (Å²) in [5, 5.41) is -0.440. The third-order valence-electron chi connectivity index (χ3n) is 5.16. The predicted octanol–water partition coefficient (Wildman–Crippen LogP) is 3.10. The molecule has 2 aromatic carbocycles. The average Bonchev–Trinajstić information content (AvgIpc) is 3.34. The first kappa shape index (κ1) is 19.9. The minimum Gasteiger partial charge on any atom is -0.465 e. The highest BCUT2D eigenvalue weighted by Gasteiger charge is 2.75. The first-order valence-electron chi connectivity index (χ1n) is 8.72. The molecule has 7 heteroatoms. The van der Waals surface area contributed by atoms with Gasteiger partial charge in [0.15, 0.2) is 9.84 Å². The van der Waals surface area contributed by atoms with Crippen LogP contribution < -0.4 is 5.73 Å². The number of hydrogen-bond donors (Lipinski definition) is 1. The van der Waals surface area contributed by atoms with Crippen LogP contribution in [0.15, 0.2) is 53.4 Å². The van der Waals surface area contributed by atoms with Gasteiger partial charge in [0.2, 0.25) is 0 Å². The lowest BCUT2D eigenvalue weighted by Crippen LogP contribution is -2.33. The van der Waals surface area contributed by atoms with Gasteiger partial charge in [-0.2, -0.15) is 0 Å².